The van der Waals surface area contributed by atoms with Gasteiger partial charge in [-0.15, -0.1) is 0 Å². The average Bonchev–Trinajstić information content (AvgIpc) is 2.64. The molecule has 2 aromatic rings. The van der Waals surface area contributed by atoms with Crippen molar-refractivity contribution in [1.82, 2.24) is 10.3 Å². The molecule has 5 heteroatoms. The van der Waals surface area contributed by atoms with Crippen LogP contribution in [0.4, 0.5) is 0 Å². The van der Waals surface area contributed by atoms with E-state index in [1.165, 1.54) is 32.1 Å². The number of esters is 1. The number of carbonyl (C=O) groups is 2. The van der Waals surface area contributed by atoms with Crippen molar-refractivity contribution in [1.29, 1.82) is 0 Å². The first kappa shape index (κ1) is 17.4. The van der Waals surface area contributed by atoms with E-state index in [0.29, 0.717) is 18.0 Å². The van der Waals surface area contributed by atoms with E-state index < -0.39 is 5.97 Å². The van der Waals surface area contributed by atoms with Gasteiger partial charge in [-0.1, -0.05) is 37.5 Å². The third kappa shape index (κ3) is 4.56. The van der Waals surface area contributed by atoms with Crippen LogP contribution in [0.1, 0.15) is 48.2 Å². The van der Waals surface area contributed by atoms with E-state index in [1.807, 2.05) is 31.2 Å². The summed E-state index contributed by atoms with van der Waals surface area (Å²) in [6.45, 7) is 2.26. The number of nitrogens with zero attached hydrogens (tertiary/aromatic N) is 1. The van der Waals surface area contributed by atoms with Gasteiger partial charge in [0.1, 0.15) is 0 Å². The average molecular weight is 340 g/mol. The van der Waals surface area contributed by atoms with Gasteiger partial charge >= 0.3 is 5.97 Å². The largest absolute Gasteiger partial charge is 0.452 e. The first-order valence-corrected chi connectivity index (χ1v) is 8.93. The van der Waals surface area contributed by atoms with E-state index in [9.17, 15) is 9.59 Å². The lowest BCUT2D eigenvalue weighted by atomic mass is 9.89. The molecule has 0 spiro atoms. The van der Waals surface area contributed by atoms with Crippen LogP contribution in [-0.2, 0) is 9.53 Å². The lowest BCUT2D eigenvalue weighted by Crippen LogP contribution is -2.33. The van der Waals surface area contributed by atoms with Crippen molar-refractivity contribution in [3.05, 3.63) is 41.6 Å². The minimum absolute atomic E-state index is 0.242. The number of hydrogen-bond donors (Lipinski definition) is 1. The Labute approximate surface area is 147 Å². The second-order valence-corrected chi connectivity index (χ2v) is 6.71. The van der Waals surface area contributed by atoms with Crippen molar-refractivity contribution in [3.63, 3.8) is 0 Å². The molecule has 1 aromatic carbocycles. The molecule has 1 N–H and O–H groups in total. The maximum atomic E-state index is 12.4. The van der Waals surface area contributed by atoms with Gasteiger partial charge in [0.25, 0.3) is 5.91 Å². The van der Waals surface area contributed by atoms with Crippen molar-refractivity contribution < 1.29 is 14.3 Å². The molecule has 1 aromatic heterocycles. The van der Waals surface area contributed by atoms with Crippen LogP contribution in [0.3, 0.4) is 0 Å². The summed E-state index contributed by atoms with van der Waals surface area (Å²) in [5, 5.41) is 3.62. The molecule has 0 aliphatic heterocycles. The molecule has 1 amide bonds. The van der Waals surface area contributed by atoms with E-state index in [4.69, 9.17) is 4.74 Å². The highest BCUT2D eigenvalue weighted by atomic mass is 16.5. The highest BCUT2D eigenvalue weighted by Gasteiger charge is 2.17. The molecule has 1 aliphatic carbocycles. The first-order chi connectivity index (χ1) is 12.1. The smallest absolute Gasteiger partial charge is 0.339 e. The van der Waals surface area contributed by atoms with E-state index >= 15 is 0 Å². The van der Waals surface area contributed by atoms with Crippen molar-refractivity contribution in [2.45, 2.75) is 39.0 Å². The van der Waals surface area contributed by atoms with E-state index in [0.717, 1.165) is 16.6 Å². The molecule has 0 atom stereocenters. The summed E-state index contributed by atoms with van der Waals surface area (Å²) in [5.74, 6) is -0.177. The maximum Gasteiger partial charge on any atom is 0.339 e. The fraction of sp³-hybridized carbons (Fsp3) is 0.450. The van der Waals surface area contributed by atoms with Crippen LogP contribution in [0.5, 0.6) is 0 Å². The number of nitrogens with one attached hydrogen (secondary N) is 1. The highest BCUT2D eigenvalue weighted by Crippen LogP contribution is 2.22. The van der Waals surface area contributed by atoms with Gasteiger partial charge in [0.2, 0.25) is 0 Å². The fourth-order valence-electron chi connectivity index (χ4n) is 3.39. The summed E-state index contributed by atoms with van der Waals surface area (Å²) in [6, 6.07) is 9.12. The topological polar surface area (TPSA) is 68.3 Å². The zero-order chi connectivity index (χ0) is 17.6. The number of ether oxygens (including phenoxy) is 1. The molecule has 0 bridgehead atoms. The predicted molar refractivity (Wildman–Crippen MR) is 96.3 cm³/mol. The Morgan fingerprint density at radius 1 is 1.20 bits per heavy atom. The third-order valence-corrected chi connectivity index (χ3v) is 4.71. The van der Waals surface area contributed by atoms with Crippen molar-refractivity contribution in [2.24, 2.45) is 5.92 Å². The Balaban J connectivity index is 1.56. The Morgan fingerprint density at radius 3 is 2.76 bits per heavy atom. The van der Waals surface area contributed by atoms with Gasteiger partial charge < -0.3 is 10.1 Å². The van der Waals surface area contributed by atoms with Gasteiger partial charge in [0, 0.05) is 17.6 Å². The van der Waals surface area contributed by atoms with Gasteiger partial charge in [0.05, 0.1) is 11.1 Å². The number of carbonyl (C=O) groups excluding carboxylic acids is 2. The standard InChI is InChI=1S/C20H24N2O3/c1-14-11-17(16-9-5-6-10-18(16)22-14)20(24)25-13-19(23)21-12-15-7-3-2-4-8-15/h5-6,9-11,15H,2-4,7-8,12-13H2,1H3,(H,21,23). The van der Waals surface area contributed by atoms with Gasteiger partial charge in [-0.05, 0) is 37.8 Å². The van der Waals surface area contributed by atoms with Gasteiger partial charge in [-0.25, -0.2) is 4.79 Å². The van der Waals surface area contributed by atoms with Crippen molar-refractivity contribution >= 4 is 22.8 Å². The molecule has 0 saturated heterocycles. The number of hydrogen-bond acceptors (Lipinski definition) is 4. The normalized spacial score (nSPS) is 15.1. The zero-order valence-electron chi connectivity index (χ0n) is 14.6. The molecule has 132 valence electrons. The monoisotopic (exact) mass is 340 g/mol. The number of aromatic nitrogens is 1. The number of rotatable bonds is 5. The fourth-order valence-corrected chi connectivity index (χ4v) is 3.39. The minimum atomic E-state index is -0.491. The quantitative estimate of drug-likeness (QED) is 0.847. The van der Waals surface area contributed by atoms with E-state index in [1.54, 1.807) is 6.07 Å². The predicted octanol–water partition coefficient (Wildman–Crippen LogP) is 3.40. The van der Waals surface area contributed by atoms with E-state index in [2.05, 4.69) is 10.3 Å². The molecule has 1 fully saturated rings. The molecule has 25 heavy (non-hydrogen) atoms. The second kappa shape index (κ2) is 8.10. The number of aryl methyl sites for hydroxylation is 1. The van der Waals surface area contributed by atoms with Crippen molar-refractivity contribution in [3.8, 4) is 0 Å². The van der Waals surface area contributed by atoms with Gasteiger partial charge in [0.15, 0.2) is 6.61 Å². The summed E-state index contributed by atoms with van der Waals surface area (Å²) in [4.78, 5) is 28.8. The van der Waals surface area contributed by atoms with Crippen LogP contribution < -0.4 is 5.32 Å². The third-order valence-electron chi connectivity index (χ3n) is 4.71. The molecule has 1 saturated carbocycles. The summed E-state index contributed by atoms with van der Waals surface area (Å²) in [6.07, 6.45) is 6.11. The Hall–Kier alpha value is -2.43. The van der Waals surface area contributed by atoms with Crippen LogP contribution in [0, 0.1) is 12.8 Å². The van der Waals surface area contributed by atoms with Crippen LogP contribution in [-0.4, -0.2) is 30.0 Å². The lowest BCUT2D eigenvalue weighted by molar-refractivity contribution is -0.124. The van der Waals surface area contributed by atoms with Crippen molar-refractivity contribution in [2.75, 3.05) is 13.2 Å². The van der Waals surface area contributed by atoms with Crippen LogP contribution in [0.25, 0.3) is 10.9 Å². The number of benzene rings is 1. The first-order valence-electron chi connectivity index (χ1n) is 8.93. The number of pyridine rings is 1. The maximum absolute atomic E-state index is 12.4. The molecule has 3 rings (SSSR count). The molecule has 0 unspecified atom stereocenters. The van der Waals surface area contributed by atoms with Crippen LogP contribution >= 0.6 is 0 Å². The number of para-hydroxylation sites is 1. The molecule has 0 radical (unpaired) electrons. The summed E-state index contributed by atoms with van der Waals surface area (Å²) >= 11 is 0. The molecule has 5 nitrogen and oxygen atoms in total. The summed E-state index contributed by atoms with van der Waals surface area (Å²) in [7, 11) is 0. The molecule has 1 heterocycles. The molecular weight excluding hydrogens is 316 g/mol. The lowest BCUT2D eigenvalue weighted by Gasteiger charge is -2.21. The van der Waals surface area contributed by atoms with Crippen LogP contribution in [0.15, 0.2) is 30.3 Å². The summed E-state index contributed by atoms with van der Waals surface area (Å²) in [5.41, 5.74) is 1.94. The SMILES string of the molecule is Cc1cc(C(=O)OCC(=O)NCC2CCCCC2)c2ccccc2n1. The van der Waals surface area contributed by atoms with Gasteiger partial charge in [-0.2, -0.15) is 0 Å². The second-order valence-electron chi connectivity index (χ2n) is 6.71. The van der Waals surface area contributed by atoms with Crippen LogP contribution in [0.2, 0.25) is 0 Å². The molecule has 1 aliphatic rings. The van der Waals surface area contributed by atoms with E-state index in [-0.39, 0.29) is 12.5 Å². The summed E-state index contributed by atoms with van der Waals surface area (Å²) < 4.78 is 5.21. The zero-order valence-corrected chi connectivity index (χ0v) is 14.6. The Bertz CT molecular complexity index is 767. The number of fused-ring (bicyclic) bond motifs is 1. The number of amides is 1. The molecular formula is C20H24N2O3. The van der Waals surface area contributed by atoms with Gasteiger partial charge in [-0.3, -0.25) is 9.78 Å². The minimum Gasteiger partial charge on any atom is -0.452 e. The Morgan fingerprint density at radius 2 is 1.96 bits per heavy atom. The Kier molecular flexibility index (Phi) is 5.64. The highest BCUT2D eigenvalue weighted by molar-refractivity contribution is 6.04.